The zero-order valence-corrected chi connectivity index (χ0v) is 23.3. The molecule has 1 aliphatic carbocycles. The van der Waals surface area contributed by atoms with E-state index >= 15 is 0 Å². The van der Waals surface area contributed by atoms with Crippen LogP contribution in [0.4, 0.5) is 0 Å². The highest BCUT2D eigenvalue weighted by Crippen LogP contribution is 2.59. The predicted molar refractivity (Wildman–Crippen MR) is 138 cm³/mol. The Kier molecular flexibility index (Phi) is 6.76. The molecule has 5 saturated heterocycles. The van der Waals surface area contributed by atoms with Gasteiger partial charge in [0.1, 0.15) is 23.9 Å². The Morgan fingerprint density at radius 3 is 2.41 bits per heavy atom. The van der Waals surface area contributed by atoms with E-state index in [1.54, 1.807) is 0 Å². The fourth-order valence-electron chi connectivity index (χ4n) is 7.82. The normalized spacial score (nSPS) is 46.0. The minimum atomic E-state index is -1.32. The third kappa shape index (κ3) is 4.43. The van der Waals surface area contributed by atoms with E-state index in [4.69, 9.17) is 18.9 Å². The molecule has 1 spiro atoms. The van der Waals surface area contributed by atoms with E-state index in [0.29, 0.717) is 36.9 Å². The van der Waals surface area contributed by atoms with Crippen LogP contribution in [0.5, 0.6) is 0 Å². The predicted octanol–water partition coefficient (Wildman–Crippen LogP) is 4.80. The second-order valence-corrected chi connectivity index (χ2v) is 13.6. The van der Waals surface area contributed by atoms with Crippen LogP contribution in [-0.2, 0) is 23.7 Å². The van der Waals surface area contributed by atoms with E-state index in [9.17, 15) is 15.0 Å². The molecule has 2 bridgehead atoms. The topological polar surface area (TPSA) is 94.5 Å². The lowest BCUT2D eigenvalue weighted by Crippen LogP contribution is -2.78. The number of cyclic esters (lactones) is 1. The third-order valence-electron chi connectivity index (χ3n) is 10.7. The fourth-order valence-corrected chi connectivity index (χ4v) is 7.82. The van der Waals surface area contributed by atoms with Crippen LogP contribution in [0.1, 0.15) is 92.4 Å². The maximum atomic E-state index is 12.0. The highest BCUT2D eigenvalue weighted by molar-refractivity contribution is 5.91. The number of rotatable bonds is 5. The molecule has 0 radical (unpaired) electrons. The molecular weight excluding hydrogens is 472 g/mol. The molecule has 2 N–H and O–H groups in total. The number of hydrogen-bond acceptors (Lipinski definition) is 7. The van der Waals surface area contributed by atoms with Crippen molar-refractivity contribution in [3.05, 3.63) is 23.8 Å². The van der Waals surface area contributed by atoms with Crippen molar-refractivity contribution in [3.8, 4) is 0 Å². The van der Waals surface area contributed by atoms with Gasteiger partial charge in [-0.2, -0.15) is 0 Å². The van der Waals surface area contributed by atoms with Gasteiger partial charge in [-0.25, -0.2) is 4.79 Å². The number of ether oxygens (including phenoxy) is 4. The summed E-state index contributed by atoms with van der Waals surface area (Å²) in [6.45, 7) is 15.6. The van der Waals surface area contributed by atoms with Crippen molar-refractivity contribution in [1.29, 1.82) is 0 Å². The van der Waals surface area contributed by atoms with E-state index in [0.717, 1.165) is 44.9 Å². The van der Waals surface area contributed by atoms with Gasteiger partial charge in [0.25, 0.3) is 0 Å². The molecule has 5 heterocycles. The molecule has 5 aliphatic heterocycles. The quantitative estimate of drug-likeness (QED) is 0.307. The summed E-state index contributed by atoms with van der Waals surface area (Å²) in [6, 6.07) is 0. The molecule has 7 atom stereocenters. The van der Waals surface area contributed by atoms with Crippen LogP contribution in [0.2, 0.25) is 0 Å². The lowest BCUT2D eigenvalue weighted by molar-refractivity contribution is -0.522. The summed E-state index contributed by atoms with van der Waals surface area (Å²) < 4.78 is 24.2. The standard InChI is InChI=1S/C30H46O7/c1-19-7-9-21(26(2,3)23(19)12-11-22-24(31)18-34-25(22)32)10-8-20-13-14-30(35-17-20)28(6)15-16-29(33,37-30)27(4,5)36-28/h11,20-21,23-24,31,33H,1,7-10,12-18H2,2-6H3/b22-11+/t20-,21-,23-,24-,28-,29-,30-/m0/s1. The lowest BCUT2D eigenvalue weighted by Gasteiger charge is -2.66. The largest absolute Gasteiger partial charge is 0.459 e. The number of aliphatic hydroxyl groups excluding tert-OH is 1. The average Bonchev–Trinajstić information content (AvgIpc) is 3.13. The van der Waals surface area contributed by atoms with E-state index < -0.39 is 34.8 Å². The van der Waals surface area contributed by atoms with Crippen molar-refractivity contribution in [2.24, 2.45) is 23.2 Å². The van der Waals surface area contributed by atoms with Crippen molar-refractivity contribution in [2.45, 2.75) is 121 Å². The summed E-state index contributed by atoms with van der Waals surface area (Å²) in [5, 5.41) is 21.3. The van der Waals surface area contributed by atoms with Crippen LogP contribution >= 0.6 is 0 Å². The number of allylic oxidation sites excluding steroid dienone is 2. The van der Waals surface area contributed by atoms with Crippen LogP contribution in [0.25, 0.3) is 0 Å². The Bertz CT molecular complexity index is 959. The highest BCUT2D eigenvalue weighted by atomic mass is 16.8. The van der Waals surface area contributed by atoms with Crippen LogP contribution < -0.4 is 0 Å². The first-order valence-electron chi connectivity index (χ1n) is 14.2. The second kappa shape index (κ2) is 9.16. The molecule has 0 amide bonds. The van der Waals surface area contributed by atoms with Crippen molar-refractivity contribution in [3.63, 3.8) is 0 Å². The molecule has 7 nitrogen and oxygen atoms in total. The zero-order chi connectivity index (χ0) is 26.9. The number of hydrogen-bond donors (Lipinski definition) is 2. The molecule has 37 heavy (non-hydrogen) atoms. The molecule has 7 heteroatoms. The lowest BCUT2D eigenvalue weighted by atomic mass is 9.58. The summed E-state index contributed by atoms with van der Waals surface area (Å²) in [7, 11) is 0. The van der Waals surface area contributed by atoms with Gasteiger partial charge in [-0.15, -0.1) is 0 Å². The minimum Gasteiger partial charge on any atom is -0.459 e. The molecule has 208 valence electrons. The van der Waals surface area contributed by atoms with Crippen molar-refractivity contribution in [2.75, 3.05) is 13.2 Å². The molecule has 6 aliphatic rings. The Balaban J connectivity index is 1.19. The second-order valence-electron chi connectivity index (χ2n) is 13.6. The van der Waals surface area contributed by atoms with Crippen LogP contribution in [0.15, 0.2) is 23.8 Å². The van der Waals surface area contributed by atoms with Gasteiger partial charge in [0.2, 0.25) is 5.79 Å². The molecule has 6 fully saturated rings. The Morgan fingerprint density at radius 1 is 1.03 bits per heavy atom. The number of aliphatic hydroxyl groups is 2. The Morgan fingerprint density at radius 2 is 1.78 bits per heavy atom. The first-order valence-corrected chi connectivity index (χ1v) is 14.2. The summed E-state index contributed by atoms with van der Waals surface area (Å²) in [5.74, 6) is -1.34. The average molecular weight is 519 g/mol. The van der Waals surface area contributed by atoms with Crippen LogP contribution in [0, 0.1) is 23.2 Å². The van der Waals surface area contributed by atoms with E-state index in [2.05, 4.69) is 27.4 Å². The highest BCUT2D eigenvalue weighted by Gasteiger charge is 2.71. The summed E-state index contributed by atoms with van der Waals surface area (Å²) in [6.07, 6.45) is 9.09. The summed E-state index contributed by atoms with van der Waals surface area (Å²) in [4.78, 5) is 12.0. The monoisotopic (exact) mass is 518 g/mol. The molecule has 0 aromatic rings. The fraction of sp³-hybridized carbons (Fsp3) is 0.833. The first-order chi connectivity index (χ1) is 17.2. The number of carbonyl (C=O) groups excluding carboxylic acids is 1. The van der Waals surface area contributed by atoms with Crippen molar-refractivity contribution in [1.82, 2.24) is 0 Å². The third-order valence-corrected chi connectivity index (χ3v) is 10.7. The molecule has 1 saturated carbocycles. The summed E-state index contributed by atoms with van der Waals surface area (Å²) in [5.41, 5.74) is 0.353. The van der Waals surface area contributed by atoms with Gasteiger partial charge in [-0.1, -0.05) is 32.1 Å². The molecule has 0 unspecified atom stereocenters. The molecular formula is C30H46O7. The van der Waals surface area contributed by atoms with Crippen LogP contribution in [-0.4, -0.2) is 58.3 Å². The van der Waals surface area contributed by atoms with Gasteiger partial charge in [-0.3, -0.25) is 0 Å². The smallest absolute Gasteiger partial charge is 0.336 e. The van der Waals surface area contributed by atoms with E-state index in [-0.39, 0.29) is 17.9 Å². The molecule has 0 aromatic heterocycles. The maximum Gasteiger partial charge on any atom is 0.336 e. The Hall–Kier alpha value is -1.25. The van der Waals surface area contributed by atoms with Crippen molar-refractivity contribution >= 4 is 5.97 Å². The molecule has 6 rings (SSSR count). The van der Waals surface area contributed by atoms with E-state index in [1.807, 2.05) is 19.9 Å². The zero-order valence-electron chi connectivity index (χ0n) is 23.3. The van der Waals surface area contributed by atoms with Gasteiger partial charge in [0.15, 0.2) is 5.79 Å². The number of esters is 1. The van der Waals surface area contributed by atoms with Crippen molar-refractivity contribution < 1.29 is 34.0 Å². The van der Waals surface area contributed by atoms with Gasteiger partial charge < -0.3 is 29.2 Å². The van der Waals surface area contributed by atoms with Gasteiger partial charge in [0, 0.05) is 12.8 Å². The first kappa shape index (κ1) is 27.3. The molecule has 0 aromatic carbocycles. The van der Waals surface area contributed by atoms with Gasteiger partial charge >= 0.3 is 5.97 Å². The number of fused-ring (bicyclic) bond motifs is 2. The van der Waals surface area contributed by atoms with Gasteiger partial charge in [0.05, 0.1) is 12.2 Å². The number of carbonyl (C=O) groups is 1. The Labute approximate surface area is 221 Å². The maximum absolute atomic E-state index is 12.0. The SMILES string of the molecule is C=C1CC[C@@H](CC[C@H]2CC[C@]3(OC2)O[C@@]2(O)CC[C@]3(C)OC2(C)C)C(C)(C)[C@H]1C/C=C1/C(=O)OC[C@@H]1O. The minimum absolute atomic E-state index is 0.0401. The summed E-state index contributed by atoms with van der Waals surface area (Å²) >= 11 is 0. The van der Waals surface area contributed by atoms with Crippen LogP contribution in [0.3, 0.4) is 0 Å². The van der Waals surface area contributed by atoms with Gasteiger partial charge in [-0.05, 0) is 88.9 Å². The van der Waals surface area contributed by atoms with E-state index in [1.165, 1.54) is 5.57 Å².